The van der Waals surface area contributed by atoms with Gasteiger partial charge in [-0.3, -0.25) is 9.79 Å². The molecule has 7 nitrogen and oxygen atoms in total. The monoisotopic (exact) mass is 331 g/mol. The SMILES string of the molecule is COC(=O)c1cccc(C2C(C(=O)O)=C(C)N=C(C)C2C(=O)O)c1. The molecule has 7 heteroatoms. The predicted molar refractivity (Wildman–Crippen MR) is 85.1 cm³/mol. The van der Waals surface area contributed by atoms with Crippen LogP contribution in [0.5, 0.6) is 0 Å². The summed E-state index contributed by atoms with van der Waals surface area (Å²) in [6.07, 6.45) is 0. The van der Waals surface area contributed by atoms with Crippen LogP contribution < -0.4 is 0 Å². The smallest absolute Gasteiger partial charge is 0.337 e. The second-order valence-corrected chi connectivity index (χ2v) is 5.47. The molecule has 2 N–H and O–H groups in total. The van der Waals surface area contributed by atoms with Crippen molar-refractivity contribution in [3.8, 4) is 0 Å². The maximum absolute atomic E-state index is 11.7. The Morgan fingerprint density at radius 2 is 1.83 bits per heavy atom. The quantitative estimate of drug-likeness (QED) is 0.817. The highest BCUT2D eigenvalue weighted by Crippen LogP contribution is 2.39. The number of carbonyl (C=O) groups is 3. The molecular weight excluding hydrogens is 314 g/mol. The minimum Gasteiger partial charge on any atom is -0.481 e. The number of carboxylic acids is 2. The van der Waals surface area contributed by atoms with Crippen molar-refractivity contribution in [2.24, 2.45) is 10.9 Å². The first-order valence-corrected chi connectivity index (χ1v) is 7.18. The van der Waals surface area contributed by atoms with Crippen molar-refractivity contribution in [3.63, 3.8) is 0 Å². The summed E-state index contributed by atoms with van der Waals surface area (Å²) < 4.78 is 4.66. The average Bonchev–Trinajstić information content (AvgIpc) is 2.52. The largest absolute Gasteiger partial charge is 0.481 e. The summed E-state index contributed by atoms with van der Waals surface area (Å²) in [5.41, 5.74) is 1.12. The molecular formula is C17H17NO6. The molecule has 1 aromatic rings. The van der Waals surface area contributed by atoms with E-state index in [0.717, 1.165) is 0 Å². The number of rotatable bonds is 4. The Bertz CT molecular complexity index is 777. The van der Waals surface area contributed by atoms with E-state index in [1.165, 1.54) is 26.2 Å². The van der Waals surface area contributed by atoms with Crippen LogP contribution in [0.2, 0.25) is 0 Å². The summed E-state index contributed by atoms with van der Waals surface area (Å²) in [5, 5.41) is 19.1. The fraction of sp³-hybridized carbons (Fsp3) is 0.294. The highest BCUT2D eigenvalue weighted by atomic mass is 16.5. The molecule has 0 spiro atoms. The van der Waals surface area contributed by atoms with Crippen LogP contribution in [0.25, 0.3) is 0 Å². The number of hydrogen-bond donors (Lipinski definition) is 2. The molecule has 0 amide bonds. The van der Waals surface area contributed by atoms with Crippen LogP contribution in [-0.2, 0) is 14.3 Å². The summed E-state index contributed by atoms with van der Waals surface area (Å²) in [7, 11) is 1.24. The fourth-order valence-corrected chi connectivity index (χ4v) is 2.97. The van der Waals surface area contributed by atoms with Gasteiger partial charge in [0.25, 0.3) is 0 Å². The van der Waals surface area contributed by atoms with Gasteiger partial charge in [0.15, 0.2) is 0 Å². The first-order chi connectivity index (χ1) is 11.3. The first-order valence-electron chi connectivity index (χ1n) is 7.18. The molecule has 2 atom stereocenters. The van der Waals surface area contributed by atoms with Crippen molar-refractivity contribution in [1.29, 1.82) is 0 Å². The third-order valence-corrected chi connectivity index (χ3v) is 3.99. The van der Waals surface area contributed by atoms with Gasteiger partial charge in [0.05, 0.1) is 18.2 Å². The van der Waals surface area contributed by atoms with Crippen LogP contribution in [-0.4, -0.2) is 40.9 Å². The van der Waals surface area contributed by atoms with E-state index in [2.05, 4.69) is 9.73 Å². The van der Waals surface area contributed by atoms with Crippen LogP contribution in [0.3, 0.4) is 0 Å². The van der Waals surface area contributed by atoms with Crippen molar-refractivity contribution in [2.75, 3.05) is 7.11 Å². The Morgan fingerprint density at radius 3 is 2.38 bits per heavy atom. The normalized spacial score (nSPS) is 20.4. The highest BCUT2D eigenvalue weighted by molar-refractivity contribution is 6.06. The van der Waals surface area contributed by atoms with Gasteiger partial charge in [-0.1, -0.05) is 12.1 Å². The number of benzene rings is 1. The van der Waals surface area contributed by atoms with E-state index in [-0.39, 0.29) is 16.8 Å². The standard InChI is InChI=1S/C17H17NO6/c1-8-12(15(19)20)14(13(16(21)22)9(2)18-8)10-5-4-6-11(7-10)17(23)24-3/h4-7,12,14H,1-3H3,(H,19,20)(H,21,22). The molecule has 0 radical (unpaired) electrons. The van der Waals surface area contributed by atoms with Gasteiger partial charge in [0.2, 0.25) is 0 Å². The summed E-state index contributed by atoms with van der Waals surface area (Å²) in [4.78, 5) is 39.2. The van der Waals surface area contributed by atoms with E-state index in [1.54, 1.807) is 19.1 Å². The van der Waals surface area contributed by atoms with Crippen molar-refractivity contribution in [2.45, 2.75) is 19.8 Å². The molecule has 1 aromatic carbocycles. The van der Waals surface area contributed by atoms with E-state index >= 15 is 0 Å². The zero-order valence-electron chi connectivity index (χ0n) is 13.4. The lowest BCUT2D eigenvalue weighted by atomic mass is 9.75. The molecule has 0 fully saturated rings. The van der Waals surface area contributed by atoms with Gasteiger partial charge in [-0.05, 0) is 31.5 Å². The van der Waals surface area contributed by atoms with E-state index in [9.17, 15) is 24.6 Å². The topological polar surface area (TPSA) is 113 Å². The van der Waals surface area contributed by atoms with Crippen LogP contribution in [0.1, 0.15) is 35.7 Å². The summed E-state index contributed by atoms with van der Waals surface area (Å²) >= 11 is 0. The van der Waals surface area contributed by atoms with E-state index in [1.807, 2.05) is 0 Å². The number of allylic oxidation sites excluding steroid dienone is 1. The number of carbonyl (C=O) groups excluding carboxylic acids is 1. The number of aliphatic imine (C=N–C) groups is 1. The zero-order valence-corrected chi connectivity index (χ0v) is 13.4. The number of nitrogens with zero attached hydrogens (tertiary/aromatic N) is 1. The number of esters is 1. The van der Waals surface area contributed by atoms with Gasteiger partial charge in [-0.2, -0.15) is 0 Å². The van der Waals surface area contributed by atoms with Gasteiger partial charge in [-0.15, -0.1) is 0 Å². The minimum atomic E-state index is -1.23. The average molecular weight is 331 g/mol. The third-order valence-electron chi connectivity index (χ3n) is 3.99. The number of carboxylic acid groups (broad SMARTS) is 2. The minimum absolute atomic E-state index is 0.0879. The molecule has 2 rings (SSSR count). The Morgan fingerprint density at radius 1 is 1.17 bits per heavy atom. The second-order valence-electron chi connectivity index (χ2n) is 5.47. The summed E-state index contributed by atoms with van der Waals surface area (Å²) in [5.74, 6) is -5.04. The molecule has 1 heterocycles. The lowest BCUT2D eigenvalue weighted by Gasteiger charge is -2.29. The lowest BCUT2D eigenvalue weighted by molar-refractivity contribution is -0.140. The summed E-state index contributed by atoms with van der Waals surface area (Å²) in [6, 6.07) is 6.14. The van der Waals surface area contributed by atoms with Crippen LogP contribution in [0.4, 0.5) is 0 Å². The molecule has 0 saturated carbocycles. The molecule has 1 aliphatic rings. The molecule has 1 aliphatic heterocycles. The number of hydrogen-bond acceptors (Lipinski definition) is 5. The van der Waals surface area contributed by atoms with Crippen LogP contribution >= 0.6 is 0 Å². The molecule has 0 saturated heterocycles. The molecule has 0 bridgehead atoms. The van der Waals surface area contributed by atoms with E-state index < -0.39 is 29.7 Å². The highest BCUT2D eigenvalue weighted by Gasteiger charge is 2.41. The Balaban J connectivity index is 2.66. The van der Waals surface area contributed by atoms with Gasteiger partial charge < -0.3 is 14.9 Å². The molecule has 0 aliphatic carbocycles. The number of methoxy groups -OCH3 is 1. The van der Waals surface area contributed by atoms with Gasteiger partial charge in [0.1, 0.15) is 5.92 Å². The van der Waals surface area contributed by atoms with Crippen molar-refractivity contribution in [1.82, 2.24) is 0 Å². The third kappa shape index (κ3) is 3.05. The molecule has 126 valence electrons. The van der Waals surface area contributed by atoms with Crippen molar-refractivity contribution < 1.29 is 29.3 Å². The van der Waals surface area contributed by atoms with Crippen LogP contribution in [0, 0.1) is 5.92 Å². The van der Waals surface area contributed by atoms with E-state index in [0.29, 0.717) is 11.3 Å². The maximum Gasteiger partial charge on any atom is 0.337 e. The zero-order chi connectivity index (χ0) is 18.0. The first kappa shape index (κ1) is 17.4. The van der Waals surface area contributed by atoms with E-state index in [4.69, 9.17) is 0 Å². The van der Waals surface area contributed by atoms with Crippen LogP contribution in [0.15, 0.2) is 40.5 Å². The second kappa shape index (κ2) is 6.66. The fourth-order valence-electron chi connectivity index (χ4n) is 2.97. The Hall–Kier alpha value is -2.96. The lowest BCUT2D eigenvalue weighted by Crippen LogP contribution is -2.35. The van der Waals surface area contributed by atoms with Crippen molar-refractivity contribution >= 4 is 23.6 Å². The van der Waals surface area contributed by atoms with Gasteiger partial charge in [-0.25, -0.2) is 9.59 Å². The number of aliphatic carboxylic acids is 2. The Labute approximate surface area is 138 Å². The molecule has 24 heavy (non-hydrogen) atoms. The molecule has 2 unspecified atom stereocenters. The summed E-state index contributed by atoms with van der Waals surface area (Å²) in [6.45, 7) is 3.08. The predicted octanol–water partition coefficient (Wildman–Crippen LogP) is 2.09. The molecule has 0 aromatic heterocycles. The van der Waals surface area contributed by atoms with Gasteiger partial charge >= 0.3 is 17.9 Å². The number of ether oxygens (including phenoxy) is 1. The van der Waals surface area contributed by atoms with Gasteiger partial charge in [0, 0.05) is 17.3 Å². The maximum atomic E-state index is 11.7. The Kier molecular flexibility index (Phi) is 4.82. The van der Waals surface area contributed by atoms with Crippen molar-refractivity contribution in [3.05, 3.63) is 46.7 Å².